The maximum absolute atomic E-state index is 12.5. The molecular formula is C19H21NO. The predicted octanol–water partition coefficient (Wildman–Crippen LogP) is 4.00. The predicted molar refractivity (Wildman–Crippen MR) is 88.6 cm³/mol. The third-order valence-electron chi connectivity index (χ3n) is 3.11. The molecule has 0 aromatic heterocycles. The van der Waals surface area contributed by atoms with Crippen molar-refractivity contribution in [2.24, 2.45) is 5.92 Å². The van der Waals surface area contributed by atoms with Crippen LogP contribution in [0.5, 0.6) is 0 Å². The van der Waals surface area contributed by atoms with E-state index < -0.39 is 0 Å². The van der Waals surface area contributed by atoms with Crippen molar-refractivity contribution in [2.45, 2.75) is 13.8 Å². The molecule has 2 aromatic carbocycles. The number of amides is 1. The van der Waals surface area contributed by atoms with E-state index in [1.807, 2.05) is 66.7 Å². The Labute approximate surface area is 126 Å². The molecule has 0 aliphatic carbocycles. The third-order valence-corrected chi connectivity index (χ3v) is 3.11. The topological polar surface area (TPSA) is 29.1 Å². The van der Waals surface area contributed by atoms with Crippen LogP contribution in [0.3, 0.4) is 0 Å². The molecule has 2 aromatic rings. The van der Waals surface area contributed by atoms with Crippen molar-refractivity contribution in [2.75, 3.05) is 6.54 Å². The van der Waals surface area contributed by atoms with Crippen molar-refractivity contribution < 1.29 is 4.79 Å². The molecule has 0 spiro atoms. The summed E-state index contributed by atoms with van der Waals surface area (Å²) in [4.78, 5) is 12.5. The largest absolute Gasteiger partial charge is 0.352 e. The highest BCUT2D eigenvalue weighted by Crippen LogP contribution is 2.18. The molecular weight excluding hydrogens is 258 g/mol. The van der Waals surface area contributed by atoms with Gasteiger partial charge in [0.1, 0.15) is 0 Å². The fourth-order valence-corrected chi connectivity index (χ4v) is 2.01. The zero-order chi connectivity index (χ0) is 15.1. The van der Waals surface area contributed by atoms with E-state index in [0.29, 0.717) is 18.0 Å². The van der Waals surface area contributed by atoms with Gasteiger partial charge in [0.2, 0.25) is 0 Å². The zero-order valence-electron chi connectivity index (χ0n) is 12.5. The Morgan fingerprint density at radius 3 is 2.14 bits per heavy atom. The molecule has 2 rings (SSSR count). The highest BCUT2D eigenvalue weighted by Gasteiger charge is 2.12. The first-order valence-electron chi connectivity index (χ1n) is 7.27. The molecule has 1 amide bonds. The van der Waals surface area contributed by atoms with Crippen LogP contribution in [0.2, 0.25) is 0 Å². The number of nitrogens with one attached hydrogen (secondary N) is 1. The van der Waals surface area contributed by atoms with Gasteiger partial charge in [0.05, 0.1) is 0 Å². The van der Waals surface area contributed by atoms with Crippen LogP contribution in [0.25, 0.3) is 11.6 Å². The van der Waals surface area contributed by atoms with Crippen LogP contribution in [0, 0.1) is 5.92 Å². The van der Waals surface area contributed by atoms with Crippen molar-refractivity contribution in [3.63, 3.8) is 0 Å². The third kappa shape index (κ3) is 4.60. The summed E-state index contributed by atoms with van der Waals surface area (Å²) in [5.41, 5.74) is 2.65. The lowest BCUT2D eigenvalue weighted by Gasteiger charge is -2.11. The second-order valence-electron chi connectivity index (χ2n) is 5.44. The quantitative estimate of drug-likeness (QED) is 0.650. The normalized spacial score (nSPS) is 11.5. The lowest BCUT2D eigenvalue weighted by molar-refractivity contribution is -0.115. The highest BCUT2D eigenvalue weighted by molar-refractivity contribution is 6.24. The van der Waals surface area contributed by atoms with Crippen LogP contribution >= 0.6 is 0 Å². The average molecular weight is 279 g/mol. The van der Waals surface area contributed by atoms with Crippen molar-refractivity contribution in [1.29, 1.82) is 0 Å². The van der Waals surface area contributed by atoms with E-state index in [-0.39, 0.29) is 5.91 Å². The van der Waals surface area contributed by atoms with Gasteiger partial charge in [-0.3, -0.25) is 4.79 Å². The summed E-state index contributed by atoms with van der Waals surface area (Å²) in [7, 11) is 0. The molecule has 0 saturated heterocycles. The highest BCUT2D eigenvalue weighted by atomic mass is 16.1. The fraction of sp³-hybridized carbons (Fsp3) is 0.211. The second-order valence-corrected chi connectivity index (χ2v) is 5.44. The molecule has 0 atom stereocenters. The molecule has 0 aliphatic rings. The summed E-state index contributed by atoms with van der Waals surface area (Å²) in [5.74, 6) is 0.404. The summed E-state index contributed by atoms with van der Waals surface area (Å²) in [5, 5.41) is 2.99. The molecule has 0 fully saturated rings. The second kappa shape index (κ2) is 7.44. The van der Waals surface area contributed by atoms with Gasteiger partial charge in [-0.05, 0) is 23.1 Å². The van der Waals surface area contributed by atoms with Crippen molar-refractivity contribution in [3.8, 4) is 0 Å². The Balaban J connectivity index is 2.31. The van der Waals surface area contributed by atoms with Gasteiger partial charge in [-0.15, -0.1) is 0 Å². The van der Waals surface area contributed by atoms with E-state index in [4.69, 9.17) is 0 Å². The van der Waals surface area contributed by atoms with Crippen LogP contribution in [0.1, 0.15) is 25.0 Å². The first kappa shape index (κ1) is 15.0. The van der Waals surface area contributed by atoms with E-state index in [1.165, 1.54) is 0 Å². The Morgan fingerprint density at radius 1 is 1.00 bits per heavy atom. The molecule has 1 N–H and O–H groups in total. The van der Waals surface area contributed by atoms with E-state index >= 15 is 0 Å². The Kier molecular flexibility index (Phi) is 5.33. The van der Waals surface area contributed by atoms with Crippen molar-refractivity contribution >= 4 is 17.6 Å². The Bertz CT molecular complexity index is 600. The molecule has 2 heteroatoms. The van der Waals surface area contributed by atoms with Crippen LogP contribution in [0.4, 0.5) is 0 Å². The molecule has 0 unspecified atom stereocenters. The lowest BCUT2D eigenvalue weighted by Crippen LogP contribution is -2.28. The average Bonchev–Trinajstić information content (AvgIpc) is 2.52. The standard InChI is InChI=1S/C19H21NO/c1-15(2)14-20-19(21)18(17-11-7-4-8-12-17)13-16-9-5-3-6-10-16/h3-13,15H,14H2,1-2H3,(H,20,21)/b18-13+. The first-order valence-corrected chi connectivity index (χ1v) is 7.27. The summed E-state index contributed by atoms with van der Waals surface area (Å²) in [6.07, 6.45) is 1.94. The maximum atomic E-state index is 12.5. The van der Waals surface area contributed by atoms with Gasteiger partial charge in [-0.25, -0.2) is 0 Å². The monoisotopic (exact) mass is 279 g/mol. The van der Waals surface area contributed by atoms with Gasteiger partial charge in [-0.1, -0.05) is 74.5 Å². The number of benzene rings is 2. The molecule has 0 heterocycles. The molecule has 108 valence electrons. The van der Waals surface area contributed by atoms with E-state index in [0.717, 1.165) is 11.1 Å². The van der Waals surface area contributed by atoms with E-state index in [9.17, 15) is 4.79 Å². The Hall–Kier alpha value is -2.35. The molecule has 2 nitrogen and oxygen atoms in total. The van der Waals surface area contributed by atoms with E-state index in [1.54, 1.807) is 0 Å². The summed E-state index contributed by atoms with van der Waals surface area (Å²) >= 11 is 0. The van der Waals surface area contributed by atoms with Gasteiger partial charge in [-0.2, -0.15) is 0 Å². The number of carbonyl (C=O) groups is 1. The van der Waals surface area contributed by atoms with Gasteiger partial charge in [0.15, 0.2) is 0 Å². The first-order chi connectivity index (χ1) is 10.2. The van der Waals surface area contributed by atoms with Gasteiger partial charge >= 0.3 is 0 Å². The number of hydrogen-bond donors (Lipinski definition) is 1. The van der Waals surface area contributed by atoms with Crippen LogP contribution in [-0.4, -0.2) is 12.5 Å². The minimum Gasteiger partial charge on any atom is -0.352 e. The molecule has 0 radical (unpaired) electrons. The Morgan fingerprint density at radius 2 is 1.57 bits per heavy atom. The number of hydrogen-bond acceptors (Lipinski definition) is 1. The van der Waals surface area contributed by atoms with Crippen molar-refractivity contribution in [3.05, 3.63) is 71.8 Å². The van der Waals surface area contributed by atoms with Crippen LogP contribution < -0.4 is 5.32 Å². The smallest absolute Gasteiger partial charge is 0.251 e. The van der Waals surface area contributed by atoms with Gasteiger partial charge in [0, 0.05) is 12.1 Å². The molecule has 0 aliphatic heterocycles. The van der Waals surface area contributed by atoms with Crippen LogP contribution in [0.15, 0.2) is 60.7 Å². The van der Waals surface area contributed by atoms with Crippen molar-refractivity contribution in [1.82, 2.24) is 5.32 Å². The zero-order valence-corrected chi connectivity index (χ0v) is 12.5. The summed E-state index contributed by atoms with van der Waals surface area (Å²) < 4.78 is 0. The van der Waals surface area contributed by atoms with Gasteiger partial charge in [0.25, 0.3) is 5.91 Å². The fourth-order valence-electron chi connectivity index (χ4n) is 2.01. The molecule has 0 bridgehead atoms. The summed E-state index contributed by atoms with van der Waals surface area (Å²) in [6, 6.07) is 19.7. The van der Waals surface area contributed by atoms with Gasteiger partial charge < -0.3 is 5.32 Å². The minimum absolute atomic E-state index is 0.0289. The minimum atomic E-state index is -0.0289. The summed E-state index contributed by atoms with van der Waals surface area (Å²) in [6.45, 7) is 4.85. The maximum Gasteiger partial charge on any atom is 0.251 e. The molecule has 0 saturated carbocycles. The lowest BCUT2D eigenvalue weighted by atomic mass is 10.0. The number of rotatable bonds is 5. The van der Waals surface area contributed by atoms with Crippen LogP contribution in [-0.2, 0) is 4.79 Å². The molecule has 21 heavy (non-hydrogen) atoms. The SMILES string of the molecule is CC(C)CNC(=O)/C(=C/c1ccccc1)c1ccccc1. The number of carbonyl (C=O) groups excluding carboxylic acids is 1. The van der Waals surface area contributed by atoms with E-state index in [2.05, 4.69) is 19.2 Å².